The summed E-state index contributed by atoms with van der Waals surface area (Å²) in [7, 11) is 0. The third-order valence-electron chi connectivity index (χ3n) is 4.32. The summed E-state index contributed by atoms with van der Waals surface area (Å²) in [4.78, 5) is 24.3. The Morgan fingerprint density at radius 2 is 0.514 bits per heavy atom. The first-order valence-electron chi connectivity index (χ1n) is 11.3. The molecule has 184 valence electrons. The van der Waals surface area contributed by atoms with Crippen molar-refractivity contribution in [1.82, 2.24) is 29.9 Å². The monoisotopic (exact) mass is 572 g/mol. The minimum atomic E-state index is 0. The topological polar surface area (TPSA) is 77.3 Å². The molecule has 37 heavy (non-hydrogen) atoms. The minimum Gasteiger partial charge on any atom is -0.265 e. The van der Waals surface area contributed by atoms with Gasteiger partial charge in [-0.1, -0.05) is 36.4 Å². The summed E-state index contributed by atoms with van der Waals surface area (Å²) in [6.45, 7) is 0. The molecule has 6 nitrogen and oxygen atoms in total. The quantitative estimate of drug-likeness (QED) is 0.223. The fourth-order valence-corrected chi connectivity index (χ4v) is 2.68. The fourth-order valence-electron chi connectivity index (χ4n) is 2.68. The van der Waals surface area contributed by atoms with Gasteiger partial charge >= 0.3 is 0 Å². The van der Waals surface area contributed by atoms with Gasteiger partial charge in [0.25, 0.3) is 0 Å². The van der Waals surface area contributed by atoms with Crippen LogP contribution >= 0.6 is 0 Å². The van der Waals surface area contributed by atoms with Crippen LogP contribution < -0.4 is 0 Å². The molecule has 0 radical (unpaired) electrons. The second-order valence-corrected chi connectivity index (χ2v) is 6.91. The molecule has 0 saturated heterocycles. The molecule has 0 bridgehead atoms. The van der Waals surface area contributed by atoms with Gasteiger partial charge < -0.3 is 0 Å². The van der Waals surface area contributed by atoms with Crippen molar-refractivity contribution >= 4 is 0 Å². The van der Waals surface area contributed by atoms with Gasteiger partial charge in [0.2, 0.25) is 0 Å². The first-order chi connectivity index (χ1) is 17.9. The Kier molecular flexibility index (Phi) is 14.6. The van der Waals surface area contributed by atoms with Crippen molar-refractivity contribution in [3.63, 3.8) is 0 Å². The van der Waals surface area contributed by atoms with Gasteiger partial charge in [-0.15, -0.1) is 0 Å². The van der Waals surface area contributed by atoms with Crippen molar-refractivity contribution in [2.75, 3.05) is 0 Å². The molecule has 0 spiro atoms. The van der Waals surface area contributed by atoms with Crippen LogP contribution in [0.2, 0.25) is 0 Å². The van der Waals surface area contributed by atoms with Crippen LogP contribution in [-0.4, -0.2) is 29.9 Å². The Hall–Kier alpha value is -4.48. The smallest absolute Gasteiger partial charge is 0.0886 e. The van der Waals surface area contributed by atoms with E-state index in [9.17, 15) is 0 Å². The summed E-state index contributed by atoms with van der Waals surface area (Å²) in [6.07, 6.45) is 14.1. The van der Waals surface area contributed by atoms with E-state index < -0.39 is 0 Å². The number of aromatic nitrogens is 6. The van der Waals surface area contributed by atoms with Crippen LogP contribution in [-0.2, 0) is 19.5 Å². The van der Waals surface area contributed by atoms with E-state index in [-0.39, 0.29) is 19.5 Å². The number of pyridine rings is 6. The molecule has 6 aromatic rings. The molecule has 0 saturated carbocycles. The van der Waals surface area contributed by atoms with Crippen molar-refractivity contribution < 1.29 is 19.5 Å². The Morgan fingerprint density at radius 1 is 0.270 bits per heavy atom. The average molecular weight is 572 g/mol. The van der Waals surface area contributed by atoms with Crippen molar-refractivity contribution in [3.05, 3.63) is 159 Å². The molecule has 0 N–H and O–H groups in total. The van der Waals surface area contributed by atoms with Crippen LogP contribution in [0.15, 0.2) is 159 Å². The molecule has 0 amide bonds. The predicted octanol–water partition coefficient (Wildman–Crippen LogP) is 6.45. The number of rotatable bonds is 2. The summed E-state index contributed by atoms with van der Waals surface area (Å²) in [6, 6.07) is 34.6. The Morgan fingerprint density at radius 3 is 0.649 bits per heavy atom. The van der Waals surface area contributed by atoms with Gasteiger partial charge in [0.15, 0.2) is 0 Å². The summed E-state index contributed by atoms with van der Waals surface area (Å²) >= 11 is 0. The van der Waals surface area contributed by atoms with E-state index in [0.717, 1.165) is 22.8 Å². The summed E-state index contributed by atoms with van der Waals surface area (Å²) < 4.78 is 0. The van der Waals surface area contributed by atoms with Crippen molar-refractivity contribution in [2.24, 2.45) is 0 Å². The van der Waals surface area contributed by atoms with Crippen LogP contribution in [0.25, 0.3) is 22.8 Å². The van der Waals surface area contributed by atoms with E-state index >= 15 is 0 Å². The second-order valence-electron chi connectivity index (χ2n) is 6.91. The van der Waals surface area contributed by atoms with Gasteiger partial charge in [-0.25, -0.2) is 0 Å². The Bertz CT molecular complexity index is 1060. The van der Waals surface area contributed by atoms with E-state index in [4.69, 9.17) is 0 Å². The molecule has 0 unspecified atom stereocenters. The molecule has 0 aromatic carbocycles. The molecule has 6 heterocycles. The zero-order valence-electron chi connectivity index (χ0n) is 20.0. The maximum atomic E-state index is 4.19. The van der Waals surface area contributed by atoms with Crippen molar-refractivity contribution in [2.45, 2.75) is 0 Å². The molecular weight excluding hydrogens is 545 g/mol. The molecule has 0 aliphatic carbocycles. The van der Waals surface area contributed by atoms with Gasteiger partial charge in [0, 0.05) is 69.1 Å². The predicted molar refractivity (Wildman–Crippen MR) is 143 cm³/mol. The van der Waals surface area contributed by atoms with Crippen LogP contribution in [0.3, 0.4) is 0 Å². The molecule has 0 fully saturated rings. The van der Waals surface area contributed by atoms with Crippen molar-refractivity contribution in [1.29, 1.82) is 0 Å². The zero-order chi connectivity index (χ0) is 24.9. The fraction of sp³-hybridized carbons (Fsp3) is 0. The van der Waals surface area contributed by atoms with Gasteiger partial charge in [0.05, 0.1) is 22.8 Å². The molecular formula is C30H26N6Ru. The standard InChI is InChI=1S/2C10H8N2.2C5H5N.Ru/c2*1-3-7-11-9(5-1)10-6-2-4-8-12-10;2*1-2-4-6-5-3-1;/h2*1-8H;2*1-5H;. The third-order valence-corrected chi connectivity index (χ3v) is 4.32. The first kappa shape index (κ1) is 28.8. The number of hydrogen-bond acceptors (Lipinski definition) is 6. The second kappa shape index (κ2) is 18.8. The van der Waals surface area contributed by atoms with Gasteiger partial charge in [-0.2, -0.15) is 0 Å². The van der Waals surface area contributed by atoms with E-state index in [1.807, 2.05) is 109 Å². The van der Waals surface area contributed by atoms with E-state index in [0.29, 0.717) is 0 Å². The van der Waals surface area contributed by atoms with E-state index in [1.54, 1.807) is 49.6 Å². The Balaban J connectivity index is 0.000000181. The summed E-state index contributed by atoms with van der Waals surface area (Å²) in [5, 5.41) is 0. The SMILES string of the molecule is [Ru].c1ccc(-c2ccccn2)nc1.c1ccc(-c2ccccn2)nc1.c1ccncc1.c1ccncc1. The van der Waals surface area contributed by atoms with E-state index in [1.165, 1.54) is 0 Å². The molecule has 6 rings (SSSR count). The maximum absolute atomic E-state index is 4.19. The largest absolute Gasteiger partial charge is 0.265 e. The molecule has 0 aliphatic heterocycles. The van der Waals surface area contributed by atoms with Crippen LogP contribution in [0.4, 0.5) is 0 Å². The maximum Gasteiger partial charge on any atom is 0.0886 e. The van der Waals surface area contributed by atoms with Gasteiger partial charge in [-0.3, -0.25) is 29.9 Å². The number of nitrogens with zero attached hydrogens (tertiary/aromatic N) is 6. The molecule has 7 heteroatoms. The van der Waals surface area contributed by atoms with Crippen molar-refractivity contribution in [3.8, 4) is 22.8 Å². The van der Waals surface area contributed by atoms with Crippen LogP contribution in [0, 0.1) is 0 Å². The number of hydrogen-bond donors (Lipinski definition) is 0. The van der Waals surface area contributed by atoms with E-state index in [2.05, 4.69) is 29.9 Å². The Labute approximate surface area is 230 Å². The van der Waals surface area contributed by atoms with Gasteiger partial charge in [-0.05, 0) is 72.8 Å². The zero-order valence-corrected chi connectivity index (χ0v) is 21.8. The van der Waals surface area contributed by atoms with Gasteiger partial charge in [0.1, 0.15) is 0 Å². The summed E-state index contributed by atoms with van der Waals surface area (Å²) in [5.41, 5.74) is 3.66. The molecule has 0 aliphatic rings. The first-order valence-corrected chi connectivity index (χ1v) is 11.3. The summed E-state index contributed by atoms with van der Waals surface area (Å²) in [5.74, 6) is 0. The molecule has 0 atom stereocenters. The third kappa shape index (κ3) is 12.2. The normalized spacial score (nSPS) is 8.86. The minimum absolute atomic E-state index is 0. The van der Waals surface area contributed by atoms with Crippen LogP contribution in [0.5, 0.6) is 0 Å². The average Bonchev–Trinajstić information content (AvgIpc) is 3.02. The van der Waals surface area contributed by atoms with Crippen LogP contribution in [0.1, 0.15) is 0 Å². The molecule has 6 aromatic heterocycles.